The molecule has 0 aliphatic carbocycles. The second-order valence-electron chi connectivity index (χ2n) is 7.39. The molecule has 7 nitrogen and oxygen atoms in total. The van der Waals surface area contributed by atoms with Crippen LogP contribution in [0.5, 0.6) is 0 Å². The molecular weight excluding hydrogens is 450 g/mol. The molecule has 0 radical (unpaired) electrons. The summed E-state index contributed by atoms with van der Waals surface area (Å²) < 4.78 is 14.0. The highest BCUT2D eigenvalue weighted by atomic mass is 32.2. The molecule has 5 rings (SSSR count). The van der Waals surface area contributed by atoms with Gasteiger partial charge in [-0.2, -0.15) is 0 Å². The molecule has 1 aliphatic rings. The summed E-state index contributed by atoms with van der Waals surface area (Å²) in [7, 11) is 0. The maximum absolute atomic E-state index is 5.94. The molecule has 5 heterocycles. The van der Waals surface area contributed by atoms with E-state index >= 15 is 0 Å². The van der Waals surface area contributed by atoms with Crippen LogP contribution in [0.25, 0.3) is 21.5 Å². The molecule has 0 amide bonds. The minimum absolute atomic E-state index is 0.207. The number of aromatic nitrogens is 5. The molecule has 0 bridgehead atoms. The number of rotatable bonds is 8. The summed E-state index contributed by atoms with van der Waals surface area (Å²) in [6.07, 6.45) is 3.40. The highest BCUT2D eigenvalue weighted by Crippen LogP contribution is 2.33. The van der Waals surface area contributed by atoms with E-state index in [-0.39, 0.29) is 6.10 Å². The van der Waals surface area contributed by atoms with Crippen LogP contribution in [-0.4, -0.2) is 37.7 Å². The Labute approximate surface area is 192 Å². The maximum atomic E-state index is 5.94. The Bertz CT molecular complexity index is 1140. The van der Waals surface area contributed by atoms with Gasteiger partial charge in [-0.15, -0.1) is 43.1 Å². The van der Waals surface area contributed by atoms with Gasteiger partial charge in [-0.3, -0.25) is 4.57 Å². The minimum atomic E-state index is 0.207. The first-order valence-electron chi connectivity index (χ1n) is 10.3. The lowest BCUT2D eigenvalue weighted by molar-refractivity contribution is 0.0953. The molecule has 1 atom stereocenters. The quantitative estimate of drug-likeness (QED) is 0.314. The second-order valence-corrected chi connectivity index (χ2v) is 10.4. The molecule has 1 fully saturated rings. The smallest absolute Gasteiger partial charge is 0.257 e. The SMILES string of the molecule is CCc1sc(-c2nnc(CSc3nnc(-c4cccs4)n3CC3CCCO3)o2)cc1C. The Morgan fingerprint density at radius 1 is 1.23 bits per heavy atom. The maximum Gasteiger partial charge on any atom is 0.257 e. The van der Waals surface area contributed by atoms with E-state index in [1.165, 1.54) is 10.4 Å². The number of nitrogens with zero attached hydrogens (tertiary/aromatic N) is 5. The summed E-state index contributed by atoms with van der Waals surface area (Å²) in [6.45, 7) is 5.87. The summed E-state index contributed by atoms with van der Waals surface area (Å²) in [5, 5.41) is 20.3. The van der Waals surface area contributed by atoms with Crippen molar-refractivity contribution in [3.63, 3.8) is 0 Å². The molecule has 10 heteroatoms. The first kappa shape index (κ1) is 20.9. The van der Waals surface area contributed by atoms with Gasteiger partial charge in [0.25, 0.3) is 5.89 Å². The van der Waals surface area contributed by atoms with Crippen molar-refractivity contribution in [2.45, 2.75) is 56.7 Å². The van der Waals surface area contributed by atoms with Crippen LogP contribution in [0.15, 0.2) is 33.2 Å². The highest BCUT2D eigenvalue weighted by molar-refractivity contribution is 7.98. The van der Waals surface area contributed by atoms with Crippen LogP contribution in [0.2, 0.25) is 0 Å². The van der Waals surface area contributed by atoms with Crippen LogP contribution in [0, 0.1) is 6.92 Å². The molecule has 0 saturated carbocycles. The van der Waals surface area contributed by atoms with Gasteiger partial charge < -0.3 is 9.15 Å². The summed E-state index contributed by atoms with van der Waals surface area (Å²) in [5.74, 6) is 2.61. The Morgan fingerprint density at radius 3 is 2.90 bits per heavy atom. The average Bonchev–Trinajstić information content (AvgIpc) is 3.57. The highest BCUT2D eigenvalue weighted by Gasteiger charge is 2.23. The first-order chi connectivity index (χ1) is 15.2. The first-order valence-corrected chi connectivity index (χ1v) is 13.0. The van der Waals surface area contributed by atoms with Crippen LogP contribution in [-0.2, 0) is 23.5 Å². The van der Waals surface area contributed by atoms with Gasteiger partial charge in [0.2, 0.25) is 5.89 Å². The predicted molar refractivity (Wildman–Crippen MR) is 124 cm³/mol. The zero-order chi connectivity index (χ0) is 21.2. The largest absolute Gasteiger partial charge is 0.419 e. The fourth-order valence-electron chi connectivity index (χ4n) is 3.65. The number of ether oxygens (including phenoxy) is 1. The molecule has 4 aromatic heterocycles. The molecule has 1 unspecified atom stereocenters. The van der Waals surface area contributed by atoms with Gasteiger partial charge in [0.15, 0.2) is 11.0 Å². The monoisotopic (exact) mass is 473 g/mol. The Hall–Kier alpha value is -2.01. The van der Waals surface area contributed by atoms with Crippen molar-refractivity contribution in [3.8, 4) is 21.5 Å². The van der Waals surface area contributed by atoms with Gasteiger partial charge in [0.05, 0.1) is 28.2 Å². The number of aryl methyl sites for hydroxylation is 2. The summed E-state index contributed by atoms with van der Waals surface area (Å²) in [5.41, 5.74) is 1.28. The minimum Gasteiger partial charge on any atom is -0.419 e. The van der Waals surface area contributed by atoms with E-state index in [9.17, 15) is 0 Å². The molecule has 0 N–H and O–H groups in total. The predicted octanol–water partition coefficient (Wildman–Crippen LogP) is 5.46. The lowest BCUT2D eigenvalue weighted by atomic mass is 10.2. The van der Waals surface area contributed by atoms with Gasteiger partial charge in [-0.1, -0.05) is 24.8 Å². The lowest BCUT2D eigenvalue weighted by Crippen LogP contribution is -2.16. The molecule has 1 aliphatic heterocycles. The molecule has 0 spiro atoms. The zero-order valence-electron chi connectivity index (χ0n) is 17.4. The third-order valence-electron chi connectivity index (χ3n) is 5.21. The van der Waals surface area contributed by atoms with Crippen LogP contribution in [0.4, 0.5) is 0 Å². The van der Waals surface area contributed by atoms with Crippen molar-refractivity contribution >= 4 is 34.4 Å². The van der Waals surface area contributed by atoms with Crippen molar-refractivity contribution in [1.29, 1.82) is 0 Å². The lowest BCUT2D eigenvalue weighted by Gasteiger charge is -2.13. The molecule has 4 aromatic rings. The van der Waals surface area contributed by atoms with E-state index in [1.807, 2.05) is 6.07 Å². The van der Waals surface area contributed by atoms with Crippen LogP contribution in [0.3, 0.4) is 0 Å². The molecule has 31 heavy (non-hydrogen) atoms. The summed E-state index contributed by atoms with van der Waals surface area (Å²) in [6, 6.07) is 6.24. The summed E-state index contributed by atoms with van der Waals surface area (Å²) in [4.78, 5) is 3.49. The van der Waals surface area contributed by atoms with Gasteiger partial charge >= 0.3 is 0 Å². The average molecular weight is 474 g/mol. The van der Waals surface area contributed by atoms with Gasteiger partial charge in [-0.25, -0.2) is 0 Å². The summed E-state index contributed by atoms with van der Waals surface area (Å²) >= 11 is 4.96. The van der Waals surface area contributed by atoms with Crippen molar-refractivity contribution in [1.82, 2.24) is 25.0 Å². The normalized spacial score (nSPS) is 16.4. The molecular formula is C21H23N5O2S3. The van der Waals surface area contributed by atoms with Crippen molar-refractivity contribution in [2.75, 3.05) is 6.61 Å². The number of hydrogen-bond acceptors (Lipinski definition) is 9. The van der Waals surface area contributed by atoms with Crippen molar-refractivity contribution in [2.24, 2.45) is 0 Å². The van der Waals surface area contributed by atoms with E-state index in [0.29, 0.717) is 17.5 Å². The fraction of sp³-hybridized carbons (Fsp3) is 0.429. The van der Waals surface area contributed by atoms with E-state index in [0.717, 1.165) is 53.1 Å². The molecule has 162 valence electrons. The van der Waals surface area contributed by atoms with Crippen molar-refractivity contribution in [3.05, 3.63) is 39.9 Å². The van der Waals surface area contributed by atoms with E-state index in [1.54, 1.807) is 34.4 Å². The van der Waals surface area contributed by atoms with Crippen molar-refractivity contribution < 1.29 is 9.15 Å². The molecule has 0 aromatic carbocycles. The van der Waals surface area contributed by atoms with Gasteiger partial charge in [0.1, 0.15) is 0 Å². The molecule has 1 saturated heterocycles. The Balaban J connectivity index is 1.33. The van der Waals surface area contributed by atoms with Crippen LogP contribution in [0.1, 0.15) is 36.1 Å². The second kappa shape index (κ2) is 9.23. The third-order valence-corrected chi connectivity index (χ3v) is 8.40. The van der Waals surface area contributed by atoms with Crippen LogP contribution >= 0.6 is 34.4 Å². The van der Waals surface area contributed by atoms with Gasteiger partial charge in [-0.05, 0) is 49.3 Å². The van der Waals surface area contributed by atoms with E-state index in [2.05, 4.69) is 56.3 Å². The van der Waals surface area contributed by atoms with E-state index < -0.39 is 0 Å². The standard InChI is InChI=1S/C21H23N5O2S3/c1-3-15-13(2)10-17(31-15)20-24-22-18(28-20)12-30-21-25-23-19(16-7-5-9-29-16)26(21)11-14-6-4-8-27-14/h5,7,9-10,14H,3-4,6,8,11-12H2,1-2H3. The number of thioether (sulfide) groups is 1. The third kappa shape index (κ3) is 4.48. The fourth-order valence-corrected chi connectivity index (χ4v) is 6.19. The Morgan fingerprint density at radius 2 is 2.16 bits per heavy atom. The van der Waals surface area contributed by atoms with E-state index in [4.69, 9.17) is 9.15 Å². The Kier molecular flexibility index (Phi) is 6.22. The number of thiophene rings is 2. The van der Waals surface area contributed by atoms with Crippen LogP contribution < -0.4 is 0 Å². The van der Waals surface area contributed by atoms with Gasteiger partial charge in [0, 0.05) is 11.5 Å². The topological polar surface area (TPSA) is 78.9 Å². The number of hydrogen-bond donors (Lipinski definition) is 0. The zero-order valence-corrected chi connectivity index (χ0v) is 19.9.